The van der Waals surface area contributed by atoms with Gasteiger partial charge in [-0.25, -0.2) is 8.42 Å². The first-order valence-corrected chi connectivity index (χ1v) is 15.2. The second kappa shape index (κ2) is 13.2. The molecule has 4 rings (SSSR count). The number of benzene rings is 2. The van der Waals surface area contributed by atoms with Crippen LogP contribution in [0.1, 0.15) is 44.9 Å². The minimum Gasteiger partial charge on any atom is -0.377 e. The summed E-state index contributed by atoms with van der Waals surface area (Å²) < 4.78 is 28.8. The predicted molar refractivity (Wildman–Crippen MR) is 150 cm³/mol. The van der Waals surface area contributed by atoms with Crippen molar-refractivity contribution >= 4 is 26.5 Å². The van der Waals surface area contributed by atoms with Gasteiger partial charge in [-0.3, -0.25) is 0 Å². The van der Waals surface area contributed by atoms with Crippen LogP contribution in [0.5, 0.6) is 0 Å². The van der Waals surface area contributed by atoms with E-state index in [9.17, 15) is 8.42 Å². The van der Waals surface area contributed by atoms with E-state index >= 15 is 0 Å². The fraction of sp³-hybridized carbons (Fsp3) is 0.643. The molecule has 2 aromatic rings. The molecule has 2 aromatic carbocycles. The highest BCUT2D eigenvalue weighted by Crippen LogP contribution is 2.32. The van der Waals surface area contributed by atoms with Gasteiger partial charge in [0.15, 0.2) is 0 Å². The van der Waals surface area contributed by atoms with Crippen LogP contribution in [-0.2, 0) is 10.0 Å². The van der Waals surface area contributed by atoms with Gasteiger partial charge in [-0.2, -0.15) is 4.31 Å². The summed E-state index contributed by atoms with van der Waals surface area (Å²) in [7, 11) is 0.457. The van der Waals surface area contributed by atoms with Crippen molar-refractivity contribution in [2.45, 2.75) is 55.9 Å². The summed E-state index contributed by atoms with van der Waals surface area (Å²) in [5.41, 5.74) is 1.03. The van der Waals surface area contributed by atoms with Crippen LogP contribution in [0.3, 0.4) is 0 Å². The standard InChI is InChI=1S/C28H45N5O2S/c1-32(2)27-12-7-11-26-25(27)10-8-13-28(26)36(34,35)33-19-14-23(15-20-33)21-29-16-5-6-17-30-22-24-9-3-4-18-31-24/h7-8,10-13,23-24,29-31H,3-6,9,14-22H2,1-2H3. The van der Waals surface area contributed by atoms with Gasteiger partial charge in [-0.05, 0) is 82.8 Å². The van der Waals surface area contributed by atoms with Crippen molar-refractivity contribution < 1.29 is 8.42 Å². The first-order chi connectivity index (χ1) is 17.5. The topological polar surface area (TPSA) is 76.7 Å². The molecule has 0 spiro atoms. The van der Waals surface area contributed by atoms with Crippen LogP contribution >= 0.6 is 0 Å². The van der Waals surface area contributed by atoms with Gasteiger partial charge in [-0.15, -0.1) is 0 Å². The van der Waals surface area contributed by atoms with Gasteiger partial charge >= 0.3 is 0 Å². The zero-order valence-electron chi connectivity index (χ0n) is 22.1. The first-order valence-electron chi connectivity index (χ1n) is 13.8. The van der Waals surface area contributed by atoms with Gasteiger partial charge in [0.05, 0.1) is 4.90 Å². The van der Waals surface area contributed by atoms with Gasteiger partial charge < -0.3 is 20.9 Å². The molecular formula is C28H45N5O2S. The number of nitrogens with zero attached hydrogens (tertiary/aromatic N) is 2. The van der Waals surface area contributed by atoms with Gasteiger partial charge in [0.25, 0.3) is 0 Å². The summed E-state index contributed by atoms with van der Waals surface area (Å²) in [6.07, 6.45) is 8.17. The summed E-state index contributed by atoms with van der Waals surface area (Å²) >= 11 is 0. The third-order valence-electron chi connectivity index (χ3n) is 7.73. The van der Waals surface area contributed by atoms with Gasteiger partial charge in [0.2, 0.25) is 10.0 Å². The van der Waals surface area contributed by atoms with Crippen LogP contribution in [0.25, 0.3) is 10.8 Å². The maximum atomic E-state index is 13.6. The molecule has 1 unspecified atom stereocenters. The maximum absolute atomic E-state index is 13.6. The molecule has 2 aliphatic rings. The van der Waals surface area contributed by atoms with Crippen molar-refractivity contribution in [2.75, 3.05) is 64.8 Å². The fourth-order valence-electron chi connectivity index (χ4n) is 5.55. The van der Waals surface area contributed by atoms with Crippen LogP contribution < -0.4 is 20.9 Å². The molecule has 0 aliphatic carbocycles. The summed E-state index contributed by atoms with van der Waals surface area (Å²) in [6.45, 7) is 6.54. The van der Waals surface area contributed by atoms with Crippen molar-refractivity contribution in [2.24, 2.45) is 5.92 Å². The molecule has 2 fully saturated rings. The van der Waals surface area contributed by atoms with E-state index in [2.05, 4.69) is 16.0 Å². The molecule has 8 heteroatoms. The lowest BCUT2D eigenvalue weighted by Gasteiger charge is -2.31. The summed E-state index contributed by atoms with van der Waals surface area (Å²) in [5.74, 6) is 0.541. The van der Waals surface area contributed by atoms with Crippen molar-refractivity contribution in [3.05, 3.63) is 36.4 Å². The molecule has 0 saturated carbocycles. The summed E-state index contributed by atoms with van der Waals surface area (Å²) in [4.78, 5) is 2.45. The average molecular weight is 516 g/mol. The van der Waals surface area contributed by atoms with E-state index in [1.54, 1.807) is 10.4 Å². The van der Waals surface area contributed by atoms with E-state index in [0.29, 0.717) is 29.9 Å². The number of piperidine rings is 2. The molecule has 1 atom stereocenters. The first kappa shape index (κ1) is 27.3. The average Bonchev–Trinajstić information content (AvgIpc) is 2.90. The van der Waals surface area contributed by atoms with Crippen molar-refractivity contribution in [3.8, 4) is 0 Å². The third kappa shape index (κ3) is 6.98. The Kier molecular flexibility index (Phi) is 10.0. The van der Waals surface area contributed by atoms with Gasteiger partial charge in [-0.1, -0.05) is 30.7 Å². The predicted octanol–water partition coefficient (Wildman–Crippen LogP) is 3.41. The summed E-state index contributed by atoms with van der Waals surface area (Å²) in [5, 5.41) is 12.6. The Morgan fingerprint density at radius 1 is 0.917 bits per heavy atom. The highest BCUT2D eigenvalue weighted by molar-refractivity contribution is 7.89. The van der Waals surface area contributed by atoms with E-state index in [1.165, 1.54) is 38.6 Å². The quantitative estimate of drug-likeness (QED) is 0.376. The van der Waals surface area contributed by atoms with Crippen LogP contribution in [-0.4, -0.2) is 78.7 Å². The Hall–Kier alpha value is -1.71. The lowest BCUT2D eigenvalue weighted by Crippen LogP contribution is -2.42. The summed E-state index contributed by atoms with van der Waals surface area (Å²) in [6, 6.07) is 12.2. The molecule has 36 heavy (non-hydrogen) atoms. The van der Waals surface area contributed by atoms with Gasteiger partial charge in [0, 0.05) is 56.2 Å². The van der Waals surface area contributed by atoms with E-state index in [1.807, 2.05) is 49.3 Å². The molecule has 2 heterocycles. The third-order valence-corrected chi connectivity index (χ3v) is 9.68. The molecule has 7 nitrogen and oxygen atoms in total. The number of hydrogen-bond donors (Lipinski definition) is 3. The lowest BCUT2D eigenvalue weighted by atomic mass is 9.98. The second-order valence-corrected chi connectivity index (χ2v) is 12.5. The van der Waals surface area contributed by atoms with Crippen molar-refractivity contribution in [1.29, 1.82) is 0 Å². The monoisotopic (exact) mass is 515 g/mol. The molecule has 2 aliphatic heterocycles. The van der Waals surface area contributed by atoms with Crippen molar-refractivity contribution in [1.82, 2.24) is 20.3 Å². The zero-order valence-corrected chi connectivity index (χ0v) is 23.0. The highest BCUT2D eigenvalue weighted by Gasteiger charge is 2.30. The number of rotatable bonds is 12. The molecular weight excluding hydrogens is 470 g/mol. The lowest BCUT2D eigenvalue weighted by molar-refractivity contribution is 0.267. The number of fused-ring (bicyclic) bond motifs is 1. The minimum atomic E-state index is -3.52. The molecule has 3 N–H and O–H groups in total. The highest BCUT2D eigenvalue weighted by atomic mass is 32.2. The number of nitrogens with one attached hydrogen (secondary N) is 3. The molecule has 0 bridgehead atoms. The Labute approximate surface area is 218 Å². The number of hydrogen-bond acceptors (Lipinski definition) is 6. The van der Waals surface area contributed by atoms with E-state index in [4.69, 9.17) is 0 Å². The largest absolute Gasteiger partial charge is 0.377 e. The number of unbranched alkanes of at least 4 members (excludes halogenated alkanes) is 1. The van der Waals surface area contributed by atoms with E-state index < -0.39 is 10.0 Å². The minimum absolute atomic E-state index is 0.424. The van der Waals surface area contributed by atoms with E-state index in [-0.39, 0.29) is 0 Å². The van der Waals surface area contributed by atoms with Gasteiger partial charge in [0.1, 0.15) is 0 Å². The van der Waals surface area contributed by atoms with Crippen LogP contribution in [0.2, 0.25) is 0 Å². The van der Waals surface area contributed by atoms with Crippen LogP contribution in [0.15, 0.2) is 41.3 Å². The molecule has 2 saturated heterocycles. The Bertz CT molecular complexity index is 1060. The number of sulfonamides is 1. The van der Waals surface area contributed by atoms with Crippen LogP contribution in [0.4, 0.5) is 5.69 Å². The Morgan fingerprint density at radius 3 is 2.31 bits per heavy atom. The zero-order chi connectivity index (χ0) is 25.4. The molecule has 0 radical (unpaired) electrons. The fourth-order valence-corrected chi connectivity index (χ4v) is 7.23. The van der Waals surface area contributed by atoms with E-state index in [0.717, 1.165) is 55.5 Å². The maximum Gasteiger partial charge on any atom is 0.243 e. The number of anilines is 1. The molecule has 200 valence electrons. The Balaban J connectivity index is 1.18. The second-order valence-electron chi connectivity index (χ2n) is 10.6. The normalized spacial score (nSPS) is 20.1. The van der Waals surface area contributed by atoms with Crippen molar-refractivity contribution in [3.63, 3.8) is 0 Å². The molecule has 0 aromatic heterocycles. The van der Waals surface area contributed by atoms with Crippen LogP contribution in [0, 0.1) is 5.92 Å². The molecule has 0 amide bonds. The SMILES string of the molecule is CN(C)c1cccc2c(S(=O)(=O)N3CCC(CNCCCCNCC4CCCCN4)CC3)cccc12. The smallest absolute Gasteiger partial charge is 0.243 e. The Morgan fingerprint density at radius 2 is 1.61 bits per heavy atom.